The van der Waals surface area contributed by atoms with E-state index in [-0.39, 0.29) is 55.9 Å². The Morgan fingerprint density at radius 3 is 1.28 bits per heavy atom. The summed E-state index contributed by atoms with van der Waals surface area (Å²) < 4.78 is 0. The molecule has 15 amide bonds. The number of amides is 15. The first-order valence-electron chi connectivity index (χ1n) is 35.3. The average Bonchev–Trinajstić information content (AvgIpc) is 1.71. The minimum atomic E-state index is -1.91. The van der Waals surface area contributed by atoms with E-state index >= 15 is 0 Å². The number of hydrogen-bond donors (Lipinski definition) is 22. The standard InChI is InChI=1S/C68H109N17O22S2/c1-12-32(5)53(85-67(105)54(33(6)13-2)84-64(102)48(30-87)82-56(94)35(8)74-61(99)45(27-51(91)92)79-62(100)43(24-31(3)4)78-63(101)47(29-86)83-65(103)52(71)36(9)88)66(104)80-44(25-37-28-72-39-17-15-14-16-38(37)39)60(98)73-34(7)55(93)75-41(20-22-108-10)58(96)77-42(21-23-109-11)59(97)76-40(18-19-49(69)89)57(95)81-46(68(106)107)26-50(70)90/h14-17,28,31-36,40-48,52-54,72,86-88H,12-13,18-27,29-30,71H2,1-11H3,(H2,69,89)(H2,70,90)(H,73,98)(H,74,99)(H,75,93)(H,76,97)(H,77,96)(H,78,101)(H,79,100)(H,80,104)(H,81,95)(H,82,94)(H,83,103)(H,84,102)(H,85,105)(H,91,92)(H,106,107)/t32-,33-,34-,35-,36+,40-,41-,42-,43-,44-,45-,46-,47-,48-,52-,53-,54-/m0/s1. The van der Waals surface area contributed by atoms with Gasteiger partial charge in [-0.25, -0.2) is 4.79 Å². The highest BCUT2D eigenvalue weighted by atomic mass is 32.2. The van der Waals surface area contributed by atoms with E-state index in [9.17, 15) is 107 Å². The fraction of sp³-hybridized carbons (Fsp3) is 0.632. The van der Waals surface area contributed by atoms with Crippen molar-refractivity contribution in [2.45, 2.75) is 217 Å². The second-order valence-corrected chi connectivity index (χ2v) is 28.7. The predicted octanol–water partition coefficient (Wildman–Crippen LogP) is -5.91. The number of carbonyl (C=O) groups is 17. The normalized spacial score (nSPS) is 15.9. The molecule has 0 spiro atoms. The summed E-state index contributed by atoms with van der Waals surface area (Å²) in [4.78, 5) is 231. The van der Waals surface area contributed by atoms with E-state index in [1.165, 1.54) is 37.4 Å². The van der Waals surface area contributed by atoms with Crippen LogP contribution in [0, 0.1) is 17.8 Å². The number of benzene rings is 1. The van der Waals surface area contributed by atoms with Gasteiger partial charge < -0.3 is 117 Å². The molecular formula is C68H109N17O22S2. The number of aliphatic hydroxyl groups is 3. The number of primary amides is 2. The summed E-state index contributed by atoms with van der Waals surface area (Å²) in [5.41, 5.74) is 17.3. The van der Waals surface area contributed by atoms with Crippen LogP contribution in [0.25, 0.3) is 10.9 Å². The maximum Gasteiger partial charge on any atom is 0.326 e. The van der Waals surface area contributed by atoms with Crippen LogP contribution in [0.1, 0.15) is 126 Å². The summed E-state index contributed by atoms with van der Waals surface area (Å²) in [6, 6.07) is -15.1. The highest BCUT2D eigenvalue weighted by Crippen LogP contribution is 2.21. The summed E-state index contributed by atoms with van der Waals surface area (Å²) >= 11 is 2.59. The zero-order chi connectivity index (χ0) is 82.7. The molecule has 2 rings (SSSR count). The minimum Gasteiger partial charge on any atom is -0.481 e. The summed E-state index contributed by atoms with van der Waals surface area (Å²) in [6.07, 6.45) is 0.998. The van der Waals surface area contributed by atoms with Gasteiger partial charge in [0.1, 0.15) is 84.6 Å². The molecule has 1 aromatic heterocycles. The van der Waals surface area contributed by atoms with Crippen LogP contribution in [-0.4, -0.2) is 259 Å². The third-order valence-corrected chi connectivity index (χ3v) is 18.7. The summed E-state index contributed by atoms with van der Waals surface area (Å²) in [5.74, 6) is -19.6. The SMILES string of the molecule is CC[C@H](C)[C@H](NC(=O)[C@H](CO)NC(=O)[C@H](C)NC(=O)[C@H](CC(=O)O)NC(=O)[C@H](CC(C)C)NC(=O)[C@H](CO)NC(=O)[C@@H](N)[C@@H](C)O)C(=O)N[C@H](C(=O)N[C@@H](Cc1c[nH]c2ccccc12)C(=O)N[C@@H](C)C(=O)N[C@@H](CCSC)C(=O)N[C@@H](CCSC)C(=O)N[C@@H](CCC(N)=O)C(=O)N[C@@H](CC(N)=O)C(=O)O)[C@@H](C)CC. The molecule has 0 fully saturated rings. The van der Waals surface area contributed by atoms with Crippen LogP contribution >= 0.6 is 23.5 Å². The fourth-order valence-electron chi connectivity index (χ4n) is 10.5. The van der Waals surface area contributed by atoms with Crippen LogP contribution in [0.4, 0.5) is 0 Å². The van der Waals surface area contributed by atoms with Crippen LogP contribution in [0.2, 0.25) is 0 Å². The van der Waals surface area contributed by atoms with Gasteiger partial charge in [0.2, 0.25) is 88.6 Å². The molecule has 25 N–H and O–H groups in total. The maximum atomic E-state index is 14.8. The van der Waals surface area contributed by atoms with Crippen LogP contribution in [0.3, 0.4) is 0 Å². The molecule has 0 unspecified atom stereocenters. The zero-order valence-corrected chi connectivity index (χ0v) is 64.5. The first kappa shape index (κ1) is 95.4. The Hall–Kier alpha value is -9.71. The van der Waals surface area contributed by atoms with Gasteiger partial charge in [0, 0.05) is 29.9 Å². The third kappa shape index (κ3) is 32.6. The molecule has 0 radical (unpaired) electrons. The van der Waals surface area contributed by atoms with Crippen LogP contribution in [-0.2, 0) is 87.9 Å². The first-order chi connectivity index (χ1) is 51.2. The van der Waals surface area contributed by atoms with Crippen LogP contribution < -0.4 is 86.3 Å². The van der Waals surface area contributed by atoms with Crippen molar-refractivity contribution in [1.29, 1.82) is 0 Å². The van der Waals surface area contributed by atoms with E-state index in [0.29, 0.717) is 16.5 Å². The van der Waals surface area contributed by atoms with Crippen molar-refractivity contribution >= 4 is 135 Å². The summed E-state index contributed by atoms with van der Waals surface area (Å²) in [6.45, 7) is 11.5. The Morgan fingerprint density at radius 1 is 0.450 bits per heavy atom. The number of aliphatic hydroxyl groups excluding tert-OH is 3. The molecule has 0 aliphatic rings. The van der Waals surface area contributed by atoms with Crippen LogP contribution in [0.15, 0.2) is 30.5 Å². The average molecular weight is 1580 g/mol. The van der Waals surface area contributed by atoms with Gasteiger partial charge in [-0.15, -0.1) is 0 Å². The lowest BCUT2D eigenvalue weighted by Crippen LogP contribution is -2.62. The van der Waals surface area contributed by atoms with Gasteiger partial charge in [0.15, 0.2) is 0 Å². The molecule has 17 atom stereocenters. The molecule has 0 saturated carbocycles. The number of rotatable bonds is 51. The second kappa shape index (κ2) is 48.0. The number of fused-ring (bicyclic) bond motifs is 1. The Labute approximate surface area is 638 Å². The number of nitrogens with two attached hydrogens (primary N) is 3. The largest absolute Gasteiger partial charge is 0.481 e. The number of hydrogen-bond acceptors (Lipinski definition) is 23. The Bertz CT molecular complexity index is 3490. The molecule has 0 aliphatic heterocycles. The van der Waals surface area contributed by atoms with E-state index in [2.05, 4.69) is 74.1 Å². The van der Waals surface area contributed by atoms with Crippen molar-refractivity contribution in [1.82, 2.24) is 74.1 Å². The fourth-order valence-corrected chi connectivity index (χ4v) is 11.5. The number of thioether (sulfide) groups is 2. The Kier molecular flexibility index (Phi) is 42.0. The van der Waals surface area contributed by atoms with Crippen molar-refractivity contribution in [3.05, 3.63) is 36.0 Å². The Morgan fingerprint density at radius 2 is 0.835 bits per heavy atom. The number of aliphatic carboxylic acids is 2. The molecule has 1 heterocycles. The molecule has 41 heteroatoms. The van der Waals surface area contributed by atoms with E-state index < -0.39 is 242 Å². The topological polar surface area (TPSA) is 642 Å². The number of carboxylic acid groups (broad SMARTS) is 2. The Balaban J connectivity index is 2.44. The van der Waals surface area contributed by atoms with Gasteiger partial charge in [-0.05, 0) is 99.9 Å². The molecule has 610 valence electrons. The molecule has 1 aromatic carbocycles. The maximum absolute atomic E-state index is 14.8. The monoisotopic (exact) mass is 1580 g/mol. The van der Waals surface area contributed by atoms with Gasteiger partial charge in [-0.1, -0.05) is 72.6 Å². The number of aromatic nitrogens is 1. The second-order valence-electron chi connectivity index (χ2n) is 26.8. The quantitative estimate of drug-likeness (QED) is 0.0293. The van der Waals surface area contributed by atoms with Crippen molar-refractivity contribution in [2.24, 2.45) is 35.0 Å². The lowest BCUT2D eigenvalue weighted by molar-refractivity contribution is -0.144. The lowest BCUT2D eigenvalue weighted by Gasteiger charge is -2.31. The van der Waals surface area contributed by atoms with Crippen molar-refractivity contribution in [3.8, 4) is 0 Å². The summed E-state index contributed by atoms with van der Waals surface area (Å²) in [5, 5.41) is 81.6. The van der Waals surface area contributed by atoms with Gasteiger partial charge in [0.05, 0.1) is 32.2 Å². The number of carbonyl (C=O) groups excluding carboxylic acids is 15. The molecule has 0 saturated heterocycles. The number of para-hydroxylation sites is 1. The van der Waals surface area contributed by atoms with Gasteiger partial charge in [-0.2, -0.15) is 23.5 Å². The molecule has 109 heavy (non-hydrogen) atoms. The lowest BCUT2D eigenvalue weighted by atomic mass is 9.94. The smallest absolute Gasteiger partial charge is 0.326 e. The number of aromatic amines is 1. The number of carboxylic acids is 2. The predicted molar refractivity (Wildman–Crippen MR) is 399 cm³/mol. The first-order valence-corrected chi connectivity index (χ1v) is 38.1. The van der Waals surface area contributed by atoms with Crippen molar-refractivity contribution in [3.63, 3.8) is 0 Å². The van der Waals surface area contributed by atoms with E-state index in [0.717, 1.165) is 6.92 Å². The minimum absolute atomic E-state index is 0.0248. The van der Waals surface area contributed by atoms with Gasteiger partial charge in [0.25, 0.3) is 0 Å². The molecule has 0 aliphatic carbocycles. The third-order valence-electron chi connectivity index (χ3n) is 17.4. The van der Waals surface area contributed by atoms with E-state index in [1.54, 1.807) is 84.5 Å². The number of H-pyrrole nitrogens is 1. The number of nitrogens with one attached hydrogen (secondary N) is 14. The summed E-state index contributed by atoms with van der Waals surface area (Å²) in [7, 11) is 0. The molecule has 0 bridgehead atoms. The molecular weight excluding hydrogens is 1470 g/mol. The van der Waals surface area contributed by atoms with Crippen LogP contribution in [0.5, 0.6) is 0 Å². The molecule has 39 nitrogen and oxygen atoms in total. The van der Waals surface area contributed by atoms with Gasteiger partial charge >= 0.3 is 11.9 Å². The van der Waals surface area contributed by atoms with E-state index in [1.807, 2.05) is 0 Å². The zero-order valence-electron chi connectivity index (χ0n) is 62.9. The highest BCUT2D eigenvalue weighted by molar-refractivity contribution is 7.98. The van der Waals surface area contributed by atoms with Crippen molar-refractivity contribution < 1.29 is 107 Å². The van der Waals surface area contributed by atoms with E-state index in [4.69, 9.17) is 17.2 Å². The van der Waals surface area contributed by atoms with Crippen molar-refractivity contribution in [2.75, 3.05) is 37.2 Å². The van der Waals surface area contributed by atoms with Gasteiger partial charge in [-0.3, -0.25) is 76.7 Å². The highest BCUT2D eigenvalue weighted by Gasteiger charge is 2.39. The molecule has 2 aromatic rings.